The summed E-state index contributed by atoms with van der Waals surface area (Å²) in [6, 6.07) is 2.28. The van der Waals surface area contributed by atoms with Crippen LogP contribution in [0, 0.1) is 6.92 Å². The minimum absolute atomic E-state index is 0.129. The highest BCUT2D eigenvalue weighted by atomic mass is 35.5. The van der Waals surface area contributed by atoms with Gasteiger partial charge in [-0.25, -0.2) is 4.98 Å². The van der Waals surface area contributed by atoms with E-state index in [0.717, 1.165) is 0 Å². The summed E-state index contributed by atoms with van der Waals surface area (Å²) in [5, 5.41) is 2.60. The Bertz CT molecular complexity index is 982. The minimum Gasteiger partial charge on any atom is -0.369 e. The van der Waals surface area contributed by atoms with Crippen molar-refractivity contribution >= 4 is 40.2 Å². The van der Waals surface area contributed by atoms with E-state index in [9.17, 15) is 19.2 Å². The molecule has 1 aliphatic heterocycles. The molecule has 0 bridgehead atoms. The molecule has 3 amide bonds. The van der Waals surface area contributed by atoms with Crippen LogP contribution in [0.4, 0.5) is 0 Å². The average molecular weight is 363 g/mol. The molecule has 2 heterocycles. The quantitative estimate of drug-likeness (QED) is 0.763. The fourth-order valence-corrected chi connectivity index (χ4v) is 3.30. The predicted molar refractivity (Wildman–Crippen MR) is 90.1 cm³/mol. The summed E-state index contributed by atoms with van der Waals surface area (Å²) >= 11 is 6.14. The lowest BCUT2D eigenvalue weighted by Crippen LogP contribution is -2.45. The summed E-state index contributed by atoms with van der Waals surface area (Å²) in [5.41, 5.74) is 5.41. The lowest BCUT2D eigenvalue weighted by Gasteiger charge is -2.24. The number of piperidine rings is 1. The van der Waals surface area contributed by atoms with Crippen LogP contribution in [0.5, 0.6) is 0 Å². The second-order valence-electron chi connectivity index (χ2n) is 5.86. The molecule has 130 valence electrons. The fourth-order valence-electron chi connectivity index (χ4n) is 3.08. The van der Waals surface area contributed by atoms with Crippen LogP contribution >= 0.6 is 11.6 Å². The summed E-state index contributed by atoms with van der Waals surface area (Å²) < 4.78 is 1.24. The van der Waals surface area contributed by atoms with Gasteiger partial charge >= 0.3 is 0 Å². The summed E-state index contributed by atoms with van der Waals surface area (Å²) in [7, 11) is 0. The lowest BCUT2D eigenvalue weighted by molar-refractivity contribution is -0.135. The molecule has 1 atom stereocenters. The van der Waals surface area contributed by atoms with Gasteiger partial charge in [0.05, 0.1) is 17.3 Å². The molecular formula is C16H15ClN4O4. The Labute approximate surface area is 147 Å². The number of nitrogens with zero attached hydrogens (tertiary/aromatic N) is 2. The molecule has 3 N–H and O–H groups in total. The molecule has 8 nitrogen and oxygen atoms in total. The van der Waals surface area contributed by atoms with Crippen LogP contribution in [0.2, 0.25) is 5.02 Å². The number of primary amides is 1. The van der Waals surface area contributed by atoms with E-state index in [1.807, 2.05) is 0 Å². The Kier molecular flexibility index (Phi) is 4.30. The second-order valence-corrected chi connectivity index (χ2v) is 6.27. The SMILES string of the molecule is Cc1nc2ccc(Cl)c(CC(N)=O)c2c(=O)n1C1CCC(=O)NC1=O. The number of imide groups is 1. The van der Waals surface area contributed by atoms with Crippen LogP contribution in [-0.4, -0.2) is 27.3 Å². The Morgan fingerprint density at radius 3 is 2.76 bits per heavy atom. The maximum Gasteiger partial charge on any atom is 0.262 e. The summed E-state index contributed by atoms with van der Waals surface area (Å²) in [6.07, 6.45) is 0.111. The molecular weight excluding hydrogens is 348 g/mol. The molecule has 1 unspecified atom stereocenters. The zero-order valence-corrected chi connectivity index (χ0v) is 14.1. The normalized spacial score (nSPS) is 17.6. The highest BCUT2D eigenvalue weighted by Gasteiger charge is 2.31. The summed E-state index contributed by atoms with van der Waals surface area (Å²) in [6.45, 7) is 1.60. The number of rotatable bonds is 3. The third-order valence-electron chi connectivity index (χ3n) is 4.17. The van der Waals surface area contributed by atoms with Gasteiger partial charge in [-0.3, -0.25) is 29.1 Å². The number of benzene rings is 1. The molecule has 1 aromatic carbocycles. The van der Waals surface area contributed by atoms with Crippen LogP contribution in [0.15, 0.2) is 16.9 Å². The first kappa shape index (κ1) is 17.1. The molecule has 2 aromatic rings. The number of nitrogens with two attached hydrogens (primary N) is 1. The number of amides is 3. The number of hydrogen-bond acceptors (Lipinski definition) is 5. The third kappa shape index (κ3) is 3.00. The van der Waals surface area contributed by atoms with E-state index in [1.54, 1.807) is 19.1 Å². The molecule has 0 radical (unpaired) electrons. The van der Waals surface area contributed by atoms with E-state index in [4.69, 9.17) is 17.3 Å². The highest BCUT2D eigenvalue weighted by Crippen LogP contribution is 2.25. The first-order valence-corrected chi connectivity index (χ1v) is 7.99. The molecule has 25 heavy (non-hydrogen) atoms. The number of aromatic nitrogens is 2. The Balaban J connectivity index is 2.27. The number of hydrogen-bond donors (Lipinski definition) is 2. The molecule has 0 spiro atoms. The number of fused-ring (bicyclic) bond motifs is 1. The van der Waals surface area contributed by atoms with Crippen molar-refractivity contribution in [1.29, 1.82) is 0 Å². The van der Waals surface area contributed by atoms with Crippen molar-refractivity contribution < 1.29 is 14.4 Å². The third-order valence-corrected chi connectivity index (χ3v) is 4.52. The van der Waals surface area contributed by atoms with Gasteiger partial charge in [0, 0.05) is 11.4 Å². The first-order valence-electron chi connectivity index (χ1n) is 7.62. The average Bonchev–Trinajstić information content (AvgIpc) is 2.51. The van der Waals surface area contributed by atoms with Crippen molar-refractivity contribution in [2.45, 2.75) is 32.2 Å². The maximum absolute atomic E-state index is 13.1. The molecule has 1 saturated heterocycles. The highest BCUT2D eigenvalue weighted by molar-refractivity contribution is 6.32. The van der Waals surface area contributed by atoms with Crippen LogP contribution in [0.25, 0.3) is 10.9 Å². The van der Waals surface area contributed by atoms with Gasteiger partial charge in [-0.1, -0.05) is 11.6 Å². The van der Waals surface area contributed by atoms with Gasteiger partial charge in [0.25, 0.3) is 5.56 Å². The van der Waals surface area contributed by atoms with Crippen molar-refractivity contribution in [3.8, 4) is 0 Å². The number of carbonyl (C=O) groups excluding carboxylic acids is 3. The van der Waals surface area contributed by atoms with Crippen LogP contribution in [0.3, 0.4) is 0 Å². The van der Waals surface area contributed by atoms with Gasteiger partial charge in [-0.05, 0) is 31.0 Å². The van der Waals surface area contributed by atoms with E-state index in [2.05, 4.69) is 10.3 Å². The lowest BCUT2D eigenvalue weighted by atomic mass is 10.0. The van der Waals surface area contributed by atoms with Gasteiger partial charge in [-0.15, -0.1) is 0 Å². The van der Waals surface area contributed by atoms with E-state index in [1.165, 1.54) is 4.57 Å². The van der Waals surface area contributed by atoms with Crippen molar-refractivity contribution in [3.05, 3.63) is 38.9 Å². The van der Waals surface area contributed by atoms with Crippen LogP contribution < -0.4 is 16.6 Å². The van der Waals surface area contributed by atoms with Crippen molar-refractivity contribution in [1.82, 2.24) is 14.9 Å². The topological polar surface area (TPSA) is 124 Å². The zero-order chi connectivity index (χ0) is 18.3. The molecule has 0 saturated carbocycles. The largest absolute Gasteiger partial charge is 0.369 e. The minimum atomic E-state index is -0.845. The molecule has 3 rings (SSSR count). The van der Waals surface area contributed by atoms with Gasteiger partial charge in [-0.2, -0.15) is 0 Å². The summed E-state index contributed by atoms with van der Waals surface area (Å²) in [4.78, 5) is 52.3. The first-order chi connectivity index (χ1) is 11.8. The number of halogens is 1. The van der Waals surface area contributed by atoms with Gasteiger partial charge < -0.3 is 5.73 Å². The molecule has 1 aromatic heterocycles. The smallest absolute Gasteiger partial charge is 0.262 e. The Morgan fingerprint density at radius 1 is 1.40 bits per heavy atom. The van der Waals surface area contributed by atoms with E-state index in [0.29, 0.717) is 11.3 Å². The number of nitrogens with one attached hydrogen (secondary N) is 1. The van der Waals surface area contributed by atoms with Crippen LogP contribution in [0.1, 0.15) is 30.3 Å². The molecule has 0 aliphatic carbocycles. The summed E-state index contributed by atoms with van der Waals surface area (Å²) in [5.74, 6) is -1.24. The monoisotopic (exact) mass is 362 g/mol. The molecule has 1 aliphatic rings. The van der Waals surface area contributed by atoms with Crippen molar-refractivity contribution in [2.24, 2.45) is 5.73 Å². The maximum atomic E-state index is 13.1. The Hall–Kier alpha value is -2.74. The van der Waals surface area contributed by atoms with E-state index < -0.39 is 23.4 Å². The van der Waals surface area contributed by atoms with Crippen molar-refractivity contribution in [2.75, 3.05) is 0 Å². The Morgan fingerprint density at radius 2 is 2.12 bits per heavy atom. The van der Waals surface area contributed by atoms with Gasteiger partial charge in [0.1, 0.15) is 11.9 Å². The second kappa shape index (κ2) is 6.29. The van der Waals surface area contributed by atoms with E-state index >= 15 is 0 Å². The number of aryl methyl sites for hydroxylation is 1. The molecule has 9 heteroatoms. The van der Waals surface area contributed by atoms with Crippen LogP contribution in [-0.2, 0) is 20.8 Å². The fraction of sp³-hybridized carbons (Fsp3) is 0.312. The van der Waals surface area contributed by atoms with E-state index in [-0.39, 0.29) is 41.1 Å². The standard InChI is InChI=1S/C16H15ClN4O4/c1-7-19-10-3-2-9(17)8(6-12(18)22)14(10)16(25)21(7)11-4-5-13(23)20-15(11)24/h2-3,11H,4-6H2,1H3,(H2,18,22)(H,20,23,24). The van der Waals surface area contributed by atoms with Gasteiger partial charge in [0.15, 0.2) is 0 Å². The predicted octanol–water partition coefficient (Wildman–Crippen LogP) is 0.364. The van der Waals surface area contributed by atoms with Gasteiger partial charge in [0.2, 0.25) is 17.7 Å². The van der Waals surface area contributed by atoms with Crippen molar-refractivity contribution in [3.63, 3.8) is 0 Å². The zero-order valence-electron chi connectivity index (χ0n) is 13.3. The molecule has 1 fully saturated rings. The number of carbonyl (C=O) groups is 3.